The first-order valence-electron chi connectivity index (χ1n) is 4.91. The van der Waals surface area contributed by atoms with Crippen LogP contribution in [0.2, 0.25) is 0 Å². The highest BCUT2D eigenvalue weighted by Gasteiger charge is 2.24. The molecule has 0 saturated heterocycles. The number of sulfonamides is 1. The Morgan fingerprint density at radius 2 is 2.17 bits per heavy atom. The quantitative estimate of drug-likeness (QED) is 0.499. The van der Waals surface area contributed by atoms with Crippen LogP contribution < -0.4 is 10.0 Å². The summed E-state index contributed by atoms with van der Waals surface area (Å²) in [6.45, 7) is 1.57. The third-order valence-corrected chi connectivity index (χ3v) is 3.27. The first-order valence-corrected chi connectivity index (χ1v) is 6.39. The van der Waals surface area contributed by atoms with Gasteiger partial charge in [-0.3, -0.25) is 9.89 Å². The van der Waals surface area contributed by atoms with Crippen molar-refractivity contribution in [1.82, 2.24) is 20.2 Å². The molecule has 0 spiro atoms. The number of aromatic nitrogens is 2. The van der Waals surface area contributed by atoms with Crippen molar-refractivity contribution in [1.29, 1.82) is 0 Å². The van der Waals surface area contributed by atoms with Crippen LogP contribution in [0, 0.1) is 0 Å². The molecule has 0 unspecified atom stereocenters. The molecule has 18 heavy (non-hydrogen) atoms. The normalized spacial score (nSPS) is 11.2. The lowest BCUT2D eigenvalue weighted by atomic mass is 10.4. The van der Waals surface area contributed by atoms with Gasteiger partial charge in [0, 0.05) is 6.54 Å². The van der Waals surface area contributed by atoms with Crippen molar-refractivity contribution in [2.24, 2.45) is 0 Å². The fraction of sp³-hybridized carbons (Fsp3) is 0.375. The summed E-state index contributed by atoms with van der Waals surface area (Å²) in [6, 6.07) is 0. The summed E-state index contributed by atoms with van der Waals surface area (Å²) in [5.74, 6) is -1.94. The van der Waals surface area contributed by atoms with E-state index in [0.717, 1.165) is 6.20 Å². The van der Waals surface area contributed by atoms with Gasteiger partial charge in [-0.25, -0.2) is 17.9 Å². The molecule has 10 heteroatoms. The molecule has 0 aliphatic rings. The molecule has 0 radical (unpaired) electrons. The average molecular weight is 276 g/mol. The number of likely N-dealkylation sites (N-methyl/N-ethyl adjacent to an activating group) is 1. The molecule has 0 aliphatic heterocycles. The van der Waals surface area contributed by atoms with Gasteiger partial charge in [0.25, 0.3) is 10.0 Å². The van der Waals surface area contributed by atoms with Crippen molar-refractivity contribution in [3.8, 4) is 0 Å². The van der Waals surface area contributed by atoms with E-state index < -0.39 is 39.0 Å². The highest BCUT2D eigenvalue weighted by Crippen LogP contribution is 2.10. The second-order valence-electron chi connectivity index (χ2n) is 3.20. The number of hydrogen-bond acceptors (Lipinski definition) is 5. The van der Waals surface area contributed by atoms with Crippen molar-refractivity contribution in [3.63, 3.8) is 0 Å². The largest absolute Gasteiger partial charge is 0.478 e. The number of aromatic amines is 1. The van der Waals surface area contributed by atoms with E-state index in [2.05, 4.69) is 15.5 Å². The van der Waals surface area contributed by atoms with E-state index in [1.165, 1.54) is 0 Å². The molecular weight excluding hydrogens is 264 g/mol. The van der Waals surface area contributed by atoms with Crippen LogP contribution in [0.3, 0.4) is 0 Å². The Kier molecular flexibility index (Phi) is 4.39. The van der Waals surface area contributed by atoms with Gasteiger partial charge >= 0.3 is 5.97 Å². The second-order valence-corrected chi connectivity index (χ2v) is 4.90. The number of aromatic carboxylic acids is 1. The molecule has 1 rings (SSSR count). The van der Waals surface area contributed by atoms with Crippen LogP contribution in [-0.4, -0.2) is 48.7 Å². The molecule has 100 valence electrons. The number of amides is 1. The van der Waals surface area contributed by atoms with E-state index in [0.29, 0.717) is 6.54 Å². The van der Waals surface area contributed by atoms with Crippen LogP contribution in [0.25, 0.3) is 0 Å². The van der Waals surface area contributed by atoms with Crippen LogP contribution in [0.1, 0.15) is 17.3 Å². The molecular formula is C8H12N4O5S. The van der Waals surface area contributed by atoms with E-state index in [9.17, 15) is 18.0 Å². The number of carboxylic acid groups (broad SMARTS) is 1. The van der Waals surface area contributed by atoms with Gasteiger partial charge in [0.1, 0.15) is 5.56 Å². The van der Waals surface area contributed by atoms with Gasteiger partial charge in [-0.15, -0.1) is 0 Å². The number of carbonyl (C=O) groups is 2. The molecule has 9 nitrogen and oxygen atoms in total. The third-order valence-electron chi connectivity index (χ3n) is 1.90. The lowest BCUT2D eigenvalue weighted by Crippen LogP contribution is -2.37. The number of nitrogens with one attached hydrogen (secondary N) is 3. The van der Waals surface area contributed by atoms with Gasteiger partial charge in [0.2, 0.25) is 5.91 Å². The van der Waals surface area contributed by atoms with E-state index in [-0.39, 0.29) is 0 Å². The zero-order chi connectivity index (χ0) is 13.8. The smallest absolute Gasteiger partial charge is 0.340 e. The minimum Gasteiger partial charge on any atom is -0.478 e. The summed E-state index contributed by atoms with van der Waals surface area (Å²) in [5.41, 5.74) is -0.488. The summed E-state index contributed by atoms with van der Waals surface area (Å²) >= 11 is 0. The molecule has 1 aromatic rings. The number of H-pyrrole nitrogens is 1. The summed E-state index contributed by atoms with van der Waals surface area (Å²) < 4.78 is 25.4. The zero-order valence-corrected chi connectivity index (χ0v) is 10.2. The number of hydrogen-bond donors (Lipinski definition) is 4. The fourth-order valence-corrected chi connectivity index (χ4v) is 2.19. The van der Waals surface area contributed by atoms with Crippen LogP contribution in [0.5, 0.6) is 0 Å². The van der Waals surface area contributed by atoms with Gasteiger partial charge < -0.3 is 10.4 Å². The van der Waals surface area contributed by atoms with Crippen LogP contribution in [0.15, 0.2) is 11.2 Å². The van der Waals surface area contributed by atoms with Gasteiger partial charge in [-0.1, -0.05) is 0 Å². The predicted octanol–water partition coefficient (Wildman–Crippen LogP) is -1.48. The molecule has 0 atom stereocenters. The number of rotatable bonds is 6. The van der Waals surface area contributed by atoms with Crippen LogP contribution in [-0.2, 0) is 14.8 Å². The van der Waals surface area contributed by atoms with Crippen molar-refractivity contribution in [2.75, 3.05) is 13.1 Å². The second kappa shape index (κ2) is 5.60. The van der Waals surface area contributed by atoms with E-state index >= 15 is 0 Å². The number of carboxylic acids is 1. The Bertz CT molecular complexity index is 550. The van der Waals surface area contributed by atoms with Crippen molar-refractivity contribution in [3.05, 3.63) is 11.8 Å². The molecule has 1 amide bonds. The Balaban J connectivity index is 2.84. The lowest BCUT2D eigenvalue weighted by Gasteiger charge is -2.05. The maximum atomic E-state index is 11.7. The fourth-order valence-electron chi connectivity index (χ4n) is 1.12. The first-order chi connectivity index (χ1) is 8.38. The van der Waals surface area contributed by atoms with Gasteiger partial charge in [-0.2, -0.15) is 5.10 Å². The summed E-state index contributed by atoms with van der Waals surface area (Å²) in [6.07, 6.45) is 0.878. The summed E-state index contributed by atoms with van der Waals surface area (Å²) in [4.78, 5) is 21.8. The summed E-state index contributed by atoms with van der Waals surface area (Å²) in [5, 5.41) is 16.0. The standard InChI is InChI=1S/C8H12N4O5S/c1-2-9-6(13)4-11-18(16,17)7-5(8(14)15)3-10-12-7/h3,11H,2,4H2,1H3,(H,9,13)(H,10,12)(H,14,15). The van der Waals surface area contributed by atoms with Gasteiger partial charge in [0.05, 0.1) is 12.7 Å². The first kappa shape index (κ1) is 14.1. The molecule has 1 heterocycles. The maximum absolute atomic E-state index is 11.7. The SMILES string of the molecule is CCNC(=O)CNS(=O)(=O)c1[nH]ncc1C(=O)O. The Hall–Kier alpha value is -1.94. The van der Waals surface area contributed by atoms with Crippen molar-refractivity contribution >= 4 is 21.9 Å². The number of carbonyl (C=O) groups excluding carboxylic acids is 1. The van der Waals surface area contributed by atoms with Gasteiger partial charge in [0.15, 0.2) is 5.03 Å². The highest BCUT2D eigenvalue weighted by atomic mass is 32.2. The van der Waals surface area contributed by atoms with Crippen molar-refractivity contribution < 1.29 is 23.1 Å². The van der Waals surface area contributed by atoms with Crippen LogP contribution >= 0.6 is 0 Å². The predicted molar refractivity (Wildman–Crippen MR) is 59.4 cm³/mol. The molecule has 0 aromatic carbocycles. The minimum absolute atomic E-state index is 0.366. The summed E-state index contributed by atoms with van der Waals surface area (Å²) in [7, 11) is -4.12. The van der Waals surface area contributed by atoms with Gasteiger partial charge in [-0.05, 0) is 6.92 Å². The molecule has 1 aromatic heterocycles. The monoisotopic (exact) mass is 276 g/mol. The van der Waals surface area contributed by atoms with E-state index in [1.807, 2.05) is 4.72 Å². The van der Waals surface area contributed by atoms with Crippen molar-refractivity contribution in [2.45, 2.75) is 11.9 Å². The van der Waals surface area contributed by atoms with E-state index in [4.69, 9.17) is 5.11 Å². The minimum atomic E-state index is -4.12. The van der Waals surface area contributed by atoms with E-state index in [1.54, 1.807) is 6.92 Å². The molecule has 0 saturated carbocycles. The zero-order valence-electron chi connectivity index (χ0n) is 9.43. The Morgan fingerprint density at radius 1 is 1.50 bits per heavy atom. The third kappa shape index (κ3) is 3.28. The average Bonchev–Trinajstić information content (AvgIpc) is 2.76. The van der Waals surface area contributed by atoms with Crippen LogP contribution in [0.4, 0.5) is 0 Å². The molecule has 4 N–H and O–H groups in total. The highest BCUT2D eigenvalue weighted by molar-refractivity contribution is 7.89. The topological polar surface area (TPSA) is 141 Å². The Labute approximate surface area is 103 Å². The molecule has 0 aliphatic carbocycles. The lowest BCUT2D eigenvalue weighted by molar-refractivity contribution is -0.119. The number of nitrogens with zero attached hydrogens (tertiary/aromatic N) is 1. The molecule has 0 fully saturated rings. The maximum Gasteiger partial charge on any atom is 0.340 e. The Morgan fingerprint density at radius 3 is 2.72 bits per heavy atom. The molecule has 0 bridgehead atoms.